The van der Waals surface area contributed by atoms with Crippen molar-refractivity contribution in [1.29, 1.82) is 0 Å². The maximum absolute atomic E-state index is 11.5. The zero-order valence-corrected chi connectivity index (χ0v) is 17.7. The van der Waals surface area contributed by atoms with E-state index in [1.54, 1.807) is 0 Å². The first-order valence-electron chi connectivity index (χ1n) is 10.4. The number of carbonyl (C=O) groups is 1. The molecule has 0 aromatic heterocycles. The monoisotopic (exact) mass is 373 g/mol. The lowest BCUT2D eigenvalue weighted by Crippen LogP contribution is -2.33. The van der Waals surface area contributed by atoms with Crippen LogP contribution >= 0.6 is 0 Å². The number of benzene rings is 2. The summed E-state index contributed by atoms with van der Waals surface area (Å²) in [7, 11) is 0. The fourth-order valence-electron chi connectivity index (χ4n) is 5.00. The second-order valence-electron chi connectivity index (χ2n) is 10.0. The minimum Gasteiger partial charge on any atom is -0.366 e. The van der Waals surface area contributed by atoms with Gasteiger partial charge in [0.05, 0.1) is 0 Å². The van der Waals surface area contributed by atoms with Crippen LogP contribution in [0.2, 0.25) is 0 Å². The maximum Gasteiger partial charge on any atom is 0.248 e. The lowest BCUT2D eigenvalue weighted by molar-refractivity contribution is 0.1000. The van der Waals surface area contributed by atoms with Crippen LogP contribution < -0.4 is 5.73 Å². The van der Waals surface area contributed by atoms with E-state index in [0.717, 1.165) is 6.42 Å². The fraction of sp³-hybridized carbons (Fsp3) is 0.423. The highest BCUT2D eigenvalue weighted by molar-refractivity contribution is 5.95. The molecule has 0 heterocycles. The molecule has 0 saturated carbocycles. The van der Waals surface area contributed by atoms with Crippen LogP contribution in [0.25, 0.3) is 11.6 Å². The normalized spacial score (nSPS) is 23.3. The van der Waals surface area contributed by atoms with Gasteiger partial charge in [0.2, 0.25) is 5.91 Å². The van der Waals surface area contributed by atoms with Gasteiger partial charge in [-0.15, -0.1) is 0 Å². The Morgan fingerprint density at radius 2 is 1.68 bits per heavy atom. The first kappa shape index (κ1) is 19.0. The molecule has 1 unspecified atom stereocenters. The van der Waals surface area contributed by atoms with Crippen LogP contribution in [0.1, 0.15) is 85.6 Å². The smallest absolute Gasteiger partial charge is 0.248 e. The second-order valence-corrected chi connectivity index (χ2v) is 10.0. The summed E-state index contributed by atoms with van der Waals surface area (Å²) in [6.45, 7) is 11.7. The van der Waals surface area contributed by atoms with Gasteiger partial charge in [0, 0.05) is 5.56 Å². The van der Waals surface area contributed by atoms with E-state index < -0.39 is 0 Å². The molecule has 146 valence electrons. The van der Waals surface area contributed by atoms with Crippen LogP contribution in [0.5, 0.6) is 0 Å². The molecule has 0 bridgehead atoms. The van der Waals surface area contributed by atoms with E-state index in [9.17, 15) is 4.79 Å². The lowest BCUT2D eigenvalue weighted by atomic mass is 9.63. The van der Waals surface area contributed by atoms with Crippen molar-refractivity contribution in [2.24, 2.45) is 11.7 Å². The number of amides is 1. The van der Waals surface area contributed by atoms with E-state index >= 15 is 0 Å². The molecule has 0 spiro atoms. The molecule has 28 heavy (non-hydrogen) atoms. The Morgan fingerprint density at radius 3 is 2.36 bits per heavy atom. The van der Waals surface area contributed by atoms with Gasteiger partial charge in [-0.2, -0.15) is 0 Å². The molecule has 2 aromatic carbocycles. The molecule has 0 aliphatic heterocycles. The predicted octanol–water partition coefficient (Wildman–Crippen LogP) is 5.87. The average molecular weight is 374 g/mol. The third-order valence-electron chi connectivity index (χ3n) is 6.96. The van der Waals surface area contributed by atoms with Crippen molar-refractivity contribution >= 4 is 17.6 Å². The van der Waals surface area contributed by atoms with Gasteiger partial charge in [-0.1, -0.05) is 65.0 Å². The van der Waals surface area contributed by atoms with Crippen molar-refractivity contribution < 1.29 is 4.79 Å². The van der Waals surface area contributed by atoms with Gasteiger partial charge in [0.15, 0.2) is 0 Å². The molecule has 0 radical (unpaired) electrons. The van der Waals surface area contributed by atoms with E-state index in [1.165, 1.54) is 46.2 Å². The van der Waals surface area contributed by atoms with E-state index in [2.05, 4.69) is 65.0 Å². The minimum atomic E-state index is -0.354. The summed E-state index contributed by atoms with van der Waals surface area (Å²) in [4.78, 5) is 11.5. The third kappa shape index (κ3) is 3.09. The van der Waals surface area contributed by atoms with Crippen molar-refractivity contribution in [3.63, 3.8) is 0 Å². The standard InChI is InChI=1S/C26H31NO/c1-16-12-19-15-18(24(27)28)7-8-20(19)21(16)13-17-6-9-22-23(14-17)26(4,5)11-10-25(22,2)3/h6-9,13-16H,10-12H2,1-5H3,(H2,27,28)/b21-13-. The Morgan fingerprint density at radius 1 is 1.00 bits per heavy atom. The first-order chi connectivity index (χ1) is 13.1. The van der Waals surface area contributed by atoms with Crippen LogP contribution in [0.3, 0.4) is 0 Å². The summed E-state index contributed by atoms with van der Waals surface area (Å²) in [5.74, 6) is 0.0889. The summed E-state index contributed by atoms with van der Waals surface area (Å²) in [5.41, 5.74) is 14.6. The molecule has 2 nitrogen and oxygen atoms in total. The molecular weight excluding hydrogens is 342 g/mol. The van der Waals surface area contributed by atoms with E-state index in [0.29, 0.717) is 11.5 Å². The van der Waals surface area contributed by atoms with Crippen LogP contribution in [-0.4, -0.2) is 5.91 Å². The summed E-state index contributed by atoms with van der Waals surface area (Å²) < 4.78 is 0. The van der Waals surface area contributed by atoms with Gasteiger partial charge in [-0.05, 0) is 81.5 Å². The van der Waals surface area contributed by atoms with Crippen molar-refractivity contribution in [1.82, 2.24) is 0 Å². The van der Waals surface area contributed by atoms with Gasteiger partial charge in [-0.3, -0.25) is 4.79 Å². The number of allylic oxidation sites excluding steroid dienone is 1. The third-order valence-corrected chi connectivity index (χ3v) is 6.96. The second kappa shape index (κ2) is 6.34. The molecule has 0 saturated heterocycles. The fourth-order valence-corrected chi connectivity index (χ4v) is 5.00. The molecule has 2 aliphatic carbocycles. The number of hydrogen-bond acceptors (Lipinski definition) is 1. The molecule has 2 heteroatoms. The summed E-state index contributed by atoms with van der Waals surface area (Å²) in [6, 6.07) is 12.9. The lowest BCUT2D eigenvalue weighted by Gasteiger charge is -2.42. The summed E-state index contributed by atoms with van der Waals surface area (Å²) in [5, 5.41) is 0. The quantitative estimate of drug-likeness (QED) is 0.703. The molecule has 2 N–H and O–H groups in total. The number of fused-ring (bicyclic) bond motifs is 2. The minimum absolute atomic E-state index is 0.217. The van der Waals surface area contributed by atoms with Gasteiger partial charge in [0.25, 0.3) is 0 Å². The van der Waals surface area contributed by atoms with E-state index in [4.69, 9.17) is 5.73 Å². The molecule has 1 amide bonds. The van der Waals surface area contributed by atoms with E-state index in [1.807, 2.05) is 12.1 Å². The molecule has 4 rings (SSSR count). The highest BCUT2D eigenvalue weighted by atomic mass is 16.1. The maximum atomic E-state index is 11.5. The van der Waals surface area contributed by atoms with Crippen LogP contribution in [0.15, 0.2) is 36.4 Å². The highest BCUT2D eigenvalue weighted by Gasteiger charge is 2.37. The highest BCUT2D eigenvalue weighted by Crippen LogP contribution is 2.46. The molecule has 2 aromatic rings. The van der Waals surface area contributed by atoms with Gasteiger partial charge >= 0.3 is 0 Å². The Hall–Kier alpha value is -2.35. The molecule has 1 atom stereocenters. The van der Waals surface area contributed by atoms with Crippen LogP contribution in [0, 0.1) is 5.92 Å². The number of rotatable bonds is 2. The first-order valence-corrected chi connectivity index (χ1v) is 10.4. The Kier molecular flexibility index (Phi) is 4.30. The SMILES string of the molecule is CC1Cc2cc(C(N)=O)ccc2/C1=C\c1ccc2c(c1)C(C)(C)CCC2(C)C. The number of carbonyl (C=O) groups excluding carboxylic acids is 1. The zero-order chi connectivity index (χ0) is 20.3. The van der Waals surface area contributed by atoms with Crippen molar-refractivity contribution in [2.75, 3.05) is 0 Å². The molecule has 2 aliphatic rings. The average Bonchev–Trinajstić information content (AvgIpc) is 2.94. The van der Waals surface area contributed by atoms with Crippen molar-refractivity contribution in [3.05, 3.63) is 69.8 Å². The van der Waals surface area contributed by atoms with Crippen LogP contribution in [0.4, 0.5) is 0 Å². The topological polar surface area (TPSA) is 43.1 Å². The summed E-state index contributed by atoms with van der Waals surface area (Å²) in [6.07, 6.45) is 5.77. The van der Waals surface area contributed by atoms with Gasteiger partial charge in [-0.25, -0.2) is 0 Å². The predicted molar refractivity (Wildman–Crippen MR) is 117 cm³/mol. The van der Waals surface area contributed by atoms with Crippen LogP contribution in [-0.2, 0) is 17.3 Å². The molecular formula is C26H31NO. The number of nitrogens with two attached hydrogens (primary N) is 1. The Labute approximate surface area is 168 Å². The van der Waals surface area contributed by atoms with Crippen molar-refractivity contribution in [2.45, 2.75) is 64.7 Å². The summed E-state index contributed by atoms with van der Waals surface area (Å²) >= 11 is 0. The number of primary amides is 1. The number of hydrogen-bond donors (Lipinski definition) is 1. The largest absolute Gasteiger partial charge is 0.366 e. The Bertz CT molecular complexity index is 993. The van der Waals surface area contributed by atoms with Gasteiger partial charge in [0.1, 0.15) is 0 Å². The zero-order valence-electron chi connectivity index (χ0n) is 17.7. The van der Waals surface area contributed by atoms with E-state index in [-0.39, 0.29) is 16.7 Å². The van der Waals surface area contributed by atoms with Crippen molar-refractivity contribution in [3.8, 4) is 0 Å². The van der Waals surface area contributed by atoms with Gasteiger partial charge < -0.3 is 5.73 Å². The molecule has 0 fully saturated rings. The Balaban J connectivity index is 1.78.